The van der Waals surface area contributed by atoms with Crippen molar-refractivity contribution in [1.82, 2.24) is 10.2 Å². The number of hydrogen-bond donors (Lipinski definition) is 1. The summed E-state index contributed by atoms with van der Waals surface area (Å²) in [6.45, 7) is 13.9. The first-order valence-electron chi connectivity index (χ1n) is 5.56. The average Bonchev–Trinajstić information content (AvgIpc) is 2.06. The monoisotopic (exact) mass is 200 g/mol. The molecule has 0 saturated carbocycles. The lowest BCUT2D eigenvalue weighted by Gasteiger charge is -2.34. The molecule has 3 nitrogen and oxygen atoms in total. The molecule has 1 atom stereocenters. The highest BCUT2D eigenvalue weighted by Gasteiger charge is 2.18. The molecule has 1 aliphatic heterocycles. The molecular formula is C11H24N2O. The Kier molecular flexibility index (Phi) is 4.35. The minimum Gasteiger partial charge on any atom is -0.379 e. The van der Waals surface area contributed by atoms with Gasteiger partial charge in [-0.25, -0.2) is 0 Å². The van der Waals surface area contributed by atoms with E-state index in [-0.39, 0.29) is 5.54 Å². The van der Waals surface area contributed by atoms with Gasteiger partial charge < -0.3 is 10.1 Å². The van der Waals surface area contributed by atoms with Crippen LogP contribution in [-0.4, -0.2) is 49.3 Å². The Morgan fingerprint density at radius 3 is 2.71 bits per heavy atom. The van der Waals surface area contributed by atoms with E-state index in [1.165, 1.54) is 0 Å². The van der Waals surface area contributed by atoms with Crippen molar-refractivity contribution >= 4 is 0 Å². The third-order valence-corrected chi connectivity index (χ3v) is 2.56. The number of ether oxygens (including phenoxy) is 1. The number of nitrogens with one attached hydrogen (secondary N) is 1. The van der Waals surface area contributed by atoms with Gasteiger partial charge in [-0.3, -0.25) is 4.90 Å². The van der Waals surface area contributed by atoms with Crippen molar-refractivity contribution in [2.24, 2.45) is 0 Å². The molecule has 0 radical (unpaired) electrons. The largest absolute Gasteiger partial charge is 0.379 e. The first-order valence-corrected chi connectivity index (χ1v) is 5.56. The van der Waals surface area contributed by atoms with E-state index in [1.54, 1.807) is 0 Å². The Hall–Kier alpha value is -0.120. The molecule has 0 aromatic rings. The highest BCUT2D eigenvalue weighted by atomic mass is 16.5. The van der Waals surface area contributed by atoms with Crippen LogP contribution in [0, 0.1) is 0 Å². The van der Waals surface area contributed by atoms with Crippen LogP contribution in [0.25, 0.3) is 0 Å². The molecule has 0 bridgehead atoms. The fourth-order valence-electron chi connectivity index (χ4n) is 1.67. The van der Waals surface area contributed by atoms with Crippen molar-refractivity contribution in [3.05, 3.63) is 0 Å². The van der Waals surface area contributed by atoms with Crippen LogP contribution in [0.3, 0.4) is 0 Å². The Balaban J connectivity index is 2.17. The van der Waals surface area contributed by atoms with E-state index in [2.05, 4.69) is 37.9 Å². The highest BCUT2D eigenvalue weighted by Crippen LogP contribution is 2.05. The lowest BCUT2D eigenvalue weighted by Crippen LogP contribution is -2.48. The zero-order valence-corrected chi connectivity index (χ0v) is 9.97. The molecule has 1 unspecified atom stereocenters. The molecule has 1 heterocycles. The van der Waals surface area contributed by atoms with Crippen LogP contribution in [0.15, 0.2) is 0 Å². The van der Waals surface area contributed by atoms with E-state index in [4.69, 9.17) is 4.74 Å². The molecule has 1 saturated heterocycles. The quantitative estimate of drug-likeness (QED) is 0.738. The van der Waals surface area contributed by atoms with E-state index in [9.17, 15) is 0 Å². The van der Waals surface area contributed by atoms with Gasteiger partial charge in [0.25, 0.3) is 0 Å². The molecule has 0 aromatic carbocycles. The summed E-state index contributed by atoms with van der Waals surface area (Å²) in [5.74, 6) is 0. The number of rotatable bonds is 3. The molecule has 0 aliphatic carbocycles. The van der Waals surface area contributed by atoms with E-state index in [1.807, 2.05) is 0 Å². The molecule has 1 N–H and O–H groups in total. The fourth-order valence-corrected chi connectivity index (χ4v) is 1.67. The van der Waals surface area contributed by atoms with Crippen LogP contribution < -0.4 is 5.32 Å². The molecule has 3 heteroatoms. The van der Waals surface area contributed by atoms with Gasteiger partial charge in [-0.15, -0.1) is 0 Å². The fraction of sp³-hybridized carbons (Fsp3) is 1.00. The van der Waals surface area contributed by atoms with Crippen LogP contribution >= 0.6 is 0 Å². The first-order chi connectivity index (χ1) is 6.49. The van der Waals surface area contributed by atoms with Gasteiger partial charge in [-0.1, -0.05) is 0 Å². The summed E-state index contributed by atoms with van der Waals surface area (Å²) in [5.41, 5.74) is 0.232. The highest BCUT2D eigenvalue weighted by molar-refractivity contribution is 4.75. The van der Waals surface area contributed by atoms with Gasteiger partial charge in [0.15, 0.2) is 0 Å². The first kappa shape index (κ1) is 12.0. The van der Waals surface area contributed by atoms with E-state index in [0.29, 0.717) is 6.04 Å². The number of nitrogens with zero attached hydrogens (tertiary/aromatic N) is 1. The summed E-state index contributed by atoms with van der Waals surface area (Å²) in [6.07, 6.45) is 0. The summed E-state index contributed by atoms with van der Waals surface area (Å²) in [7, 11) is 0. The summed E-state index contributed by atoms with van der Waals surface area (Å²) in [4.78, 5) is 2.49. The van der Waals surface area contributed by atoms with E-state index in [0.717, 1.165) is 32.8 Å². The van der Waals surface area contributed by atoms with Crippen LogP contribution in [-0.2, 0) is 4.74 Å². The van der Waals surface area contributed by atoms with Gasteiger partial charge in [-0.05, 0) is 27.7 Å². The molecule has 0 spiro atoms. The van der Waals surface area contributed by atoms with Gasteiger partial charge in [0.05, 0.1) is 13.2 Å². The number of hydrogen-bond acceptors (Lipinski definition) is 3. The Morgan fingerprint density at radius 1 is 1.43 bits per heavy atom. The van der Waals surface area contributed by atoms with Crippen LogP contribution in [0.2, 0.25) is 0 Å². The van der Waals surface area contributed by atoms with Crippen molar-refractivity contribution in [3.8, 4) is 0 Å². The Labute approximate surface area is 87.8 Å². The standard InChI is InChI=1S/C11H24N2O/c1-10-9-14-8-7-13(10)6-5-12-11(2,3)4/h10,12H,5-9H2,1-4H3. The number of morpholine rings is 1. The van der Waals surface area contributed by atoms with E-state index < -0.39 is 0 Å². The Bertz CT molecular complexity index is 165. The normalized spacial score (nSPS) is 25.3. The smallest absolute Gasteiger partial charge is 0.0619 e. The minimum atomic E-state index is 0.232. The van der Waals surface area contributed by atoms with Crippen LogP contribution in [0.4, 0.5) is 0 Å². The van der Waals surface area contributed by atoms with E-state index >= 15 is 0 Å². The average molecular weight is 200 g/mol. The summed E-state index contributed by atoms with van der Waals surface area (Å²) >= 11 is 0. The zero-order chi connectivity index (χ0) is 10.6. The van der Waals surface area contributed by atoms with Crippen molar-refractivity contribution in [3.63, 3.8) is 0 Å². The zero-order valence-electron chi connectivity index (χ0n) is 9.97. The lowest BCUT2D eigenvalue weighted by atomic mass is 10.1. The molecule has 0 amide bonds. The lowest BCUT2D eigenvalue weighted by molar-refractivity contribution is -0.000138. The maximum absolute atomic E-state index is 5.40. The second kappa shape index (κ2) is 5.10. The van der Waals surface area contributed by atoms with Crippen molar-refractivity contribution in [1.29, 1.82) is 0 Å². The molecule has 1 fully saturated rings. The minimum absolute atomic E-state index is 0.232. The maximum Gasteiger partial charge on any atom is 0.0619 e. The summed E-state index contributed by atoms with van der Waals surface area (Å²) < 4.78 is 5.40. The van der Waals surface area contributed by atoms with Gasteiger partial charge in [0.2, 0.25) is 0 Å². The van der Waals surface area contributed by atoms with Gasteiger partial charge in [0, 0.05) is 31.2 Å². The summed E-state index contributed by atoms with van der Waals surface area (Å²) in [5, 5.41) is 3.51. The molecule has 0 aromatic heterocycles. The molecular weight excluding hydrogens is 176 g/mol. The molecule has 1 aliphatic rings. The predicted octanol–water partition coefficient (Wildman–Crippen LogP) is 1.10. The molecule has 14 heavy (non-hydrogen) atoms. The molecule has 84 valence electrons. The maximum atomic E-state index is 5.40. The third kappa shape index (κ3) is 4.40. The third-order valence-electron chi connectivity index (χ3n) is 2.56. The van der Waals surface area contributed by atoms with Crippen LogP contribution in [0.1, 0.15) is 27.7 Å². The summed E-state index contributed by atoms with van der Waals surface area (Å²) in [6, 6.07) is 0.575. The van der Waals surface area contributed by atoms with Crippen LogP contribution in [0.5, 0.6) is 0 Å². The Morgan fingerprint density at radius 2 is 2.14 bits per heavy atom. The second-order valence-electron chi connectivity index (χ2n) is 5.14. The van der Waals surface area contributed by atoms with Gasteiger partial charge in [-0.2, -0.15) is 0 Å². The van der Waals surface area contributed by atoms with Crippen molar-refractivity contribution in [2.45, 2.75) is 39.3 Å². The predicted molar refractivity (Wildman–Crippen MR) is 59.6 cm³/mol. The van der Waals surface area contributed by atoms with Crippen molar-refractivity contribution < 1.29 is 4.74 Å². The van der Waals surface area contributed by atoms with Crippen molar-refractivity contribution in [2.75, 3.05) is 32.8 Å². The second-order valence-corrected chi connectivity index (χ2v) is 5.14. The SMILES string of the molecule is CC1COCCN1CCNC(C)(C)C. The topological polar surface area (TPSA) is 24.5 Å². The van der Waals surface area contributed by atoms with Gasteiger partial charge >= 0.3 is 0 Å². The van der Waals surface area contributed by atoms with Gasteiger partial charge in [0.1, 0.15) is 0 Å². The molecule has 1 rings (SSSR count).